The maximum absolute atomic E-state index is 10.7. The third-order valence-corrected chi connectivity index (χ3v) is 2.88. The van der Waals surface area contributed by atoms with Gasteiger partial charge in [0.05, 0.1) is 0 Å². The number of primary amides is 1. The fourth-order valence-electron chi connectivity index (χ4n) is 1.67. The van der Waals surface area contributed by atoms with E-state index in [-0.39, 0.29) is 5.91 Å². The first-order valence-corrected chi connectivity index (χ1v) is 6.77. The Hall–Kier alpha value is -0.790. The molecule has 0 aliphatic carbocycles. The fraction of sp³-hybridized carbons (Fsp3) is 0.667. The Morgan fingerprint density at radius 1 is 1.06 bits per heavy atom. The van der Waals surface area contributed by atoms with Crippen molar-refractivity contribution in [1.29, 1.82) is 0 Å². The molecule has 0 bridgehead atoms. The monoisotopic (exact) mass is 237 g/mol. The van der Waals surface area contributed by atoms with Gasteiger partial charge >= 0.3 is 0 Å². The molecular formula is C15H27NO. The Morgan fingerprint density at radius 2 is 1.59 bits per heavy atom. The van der Waals surface area contributed by atoms with Crippen LogP contribution in [0.5, 0.6) is 0 Å². The van der Waals surface area contributed by atoms with E-state index in [9.17, 15) is 4.79 Å². The van der Waals surface area contributed by atoms with Crippen LogP contribution in [0.2, 0.25) is 0 Å². The molecule has 0 atom stereocenters. The van der Waals surface area contributed by atoms with Crippen molar-refractivity contribution in [3.63, 3.8) is 0 Å². The molecule has 0 aromatic carbocycles. The molecule has 2 radical (unpaired) electrons. The normalized spacial score (nSPS) is 11.8. The van der Waals surface area contributed by atoms with Crippen molar-refractivity contribution in [1.82, 2.24) is 0 Å². The second-order valence-electron chi connectivity index (χ2n) is 4.57. The van der Waals surface area contributed by atoms with E-state index in [4.69, 9.17) is 5.73 Å². The van der Waals surface area contributed by atoms with Gasteiger partial charge in [0.15, 0.2) is 0 Å². The first-order valence-electron chi connectivity index (χ1n) is 6.77. The topological polar surface area (TPSA) is 43.1 Å². The molecule has 2 heteroatoms. The lowest BCUT2D eigenvalue weighted by molar-refractivity contribution is -0.114. The van der Waals surface area contributed by atoms with Gasteiger partial charge in [-0.15, -0.1) is 0 Å². The van der Waals surface area contributed by atoms with Crippen molar-refractivity contribution < 1.29 is 4.79 Å². The van der Waals surface area contributed by atoms with Gasteiger partial charge in [-0.05, 0) is 19.8 Å². The maximum Gasteiger partial charge on any atom is 0.244 e. The second-order valence-corrected chi connectivity index (χ2v) is 4.57. The van der Waals surface area contributed by atoms with Crippen molar-refractivity contribution in [2.45, 2.75) is 64.7 Å². The number of hydrogen-bond donors (Lipinski definition) is 1. The first-order chi connectivity index (χ1) is 8.18. The molecule has 0 aliphatic heterocycles. The van der Waals surface area contributed by atoms with E-state index in [1.165, 1.54) is 44.9 Å². The van der Waals surface area contributed by atoms with Gasteiger partial charge in [0.2, 0.25) is 5.91 Å². The summed E-state index contributed by atoms with van der Waals surface area (Å²) in [6.45, 7) is 5.59. The van der Waals surface area contributed by atoms with Gasteiger partial charge in [0, 0.05) is 5.57 Å². The van der Waals surface area contributed by atoms with Crippen molar-refractivity contribution in [3.8, 4) is 0 Å². The number of allylic oxidation sites excluding steroid dienone is 1. The van der Waals surface area contributed by atoms with Crippen LogP contribution in [0.3, 0.4) is 0 Å². The van der Waals surface area contributed by atoms with Gasteiger partial charge in [0.25, 0.3) is 0 Å². The molecule has 0 saturated carbocycles. The molecule has 0 heterocycles. The van der Waals surface area contributed by atoms with Crippen LogP contribution in [0.1, 0.15) is 64.7 Å². The van der Waals surface area contributed by atoms with Gasteiger partial charge in [0.1, 0.15) is 0 Å². The van der Waals surface area contributed by atoms with E-state index in [1.54, 1.807) is 6.92 Å². The lowest BCUT2D eigenvalue weighted by Gasteiger charge is -2.00. The van der Waals surface area contributed by atoms with Crippen LogP contribution in [0.15, 0.2) is 11.6 Å². The minimum Gasteiger partial charge on any atom is -0.366 e. The van der Waals surface area contributed by atoms with Crippen molar-refractivity contribution in [2.24, 2.45) is 5.73 Å². The van der Waals surface area contributed by atoms with E-state index in [1.807, 2.05) is 12.5 Å². The molecule has 0 saturated heterocycles. The average Bonchev–Trinajstić information content (AvgIpc) is 2.31. The second kappa shape index (κ2) is 11.7. The Kier molecular flexibility index (Phi) is 11.1. The molecule has 0 fully saturated rings. The number of carbonyl (C=O) groups excluding carboxylic acids is 1. The van der Waals surface area contributed by atoms with E-state index in [0.717, 1.165) is 12.8 Å². The van der Waals surface area contributed by atoms with Crippen LogP contribution in [0.4, 0.5) is 0 Å². The molecule has 1 amide bonds. The summed E-state index contributed by atoms with van der Waals surface area (Å²) >= 11 is 0. The van der Waals surface area contributed by atoms with Crippen LogP contribution in [0, 0.1) is 13.3 Å². The molecule has 2 nitrogen and oxygen atoms in total. The van der Waals surface area contributed by atoms with Crippen LogP contribution < -0.4 is 5.73 Å². The lowest BCUT2D eigenvalue weighted by Crippen LogP contribution is -2.11. The summed E-state index contributed by atoms with van der Waals surface area (Å²) in [5.41, 5.74) is 5.76. The minimum atomic E-state index is -0.327. The number of amides is 1. The summed E-state index contributed by atoms with van der Waals surface area (Å²) in [5, 5.41) is 0. The Bertz CT molecular complexity index is 221. The number of carbonyl (C=O) groups is 1. The number of unbranched alkanes of at least 4 members (excludes halogenated alkanes) is 9. The molecule has 0 aromatic heterocycles. The molecule has 98 valence electrons. The Morgan fingerprint density at radius 3 is 2.12 bits per heavy atom. The number of nitrogens with two attached hydrogens (primary N) is 1. The average molecular weight is 237 g/mol. The molecule has 17 heavy (non-hydrogen) atoms. The molecule has 0 unspecified atom stereocenters. The predicted molar refractivity (Wildman–Crippen MR) is 74.2 cm³/mol. The number of rotatable bonds is 11. The highest BCUT2D eigenvalue weighted by Crippen LogP contribution is 2.10. The minimum absolute atomic E-state index is 0.327. The summed E-state index contributed by atoms with van der Waals surface area (Å²) in [4.78, 5) is 10.7. The summed E-state index contributed by atoms with van der Waals surface area (Å²) in [5.74, 6) is -0.327. The maximum atomic E-state index is 10.7. The van der Waals surface area contributed by atoms with E-state index >= 15 is 0 Å². The molecule has 0 aliphatic rings. The summed E-state index contributed by atoms with van der Waals surface area (Å²) in [7, 11) is 0. The Labute approximate surface area is 107 Å². The quantitative estimate of drug-likeness (QED) is 0.429. The van der Waals surface area contributed by atoms with Gasteiger partial charge in [-0.3, -0.25) is 4.79 Å². The summed E-state index contributed by atoms with van der Waals surface area (Å²) in [6.07, 6.45) is 15.1. The SMILES string of the molecule is [CH2]CCCCCCCCC[CH]C=C(C)C(N)=O. The highest BCUT2D eigenvalue weighted by molar-refractivity contribution is 5.91. The van der Waals surface area contributed by atoms with Crippen molar-refractivity contribution in [2.75, 3.05) is 0 Å². The van der Waals surface area contributed by atoms with Crippen LogP contribution in [-0.4, -0.2) is 5.91 Å². The van der Waals surface area contributed by atoms with Crippen LogP contribution in [-0.2, 0) is 4.79 Å². The fourth-order valence-corrected chi connectivity index (χ4v) is 1.67. The smallest absolute Gasteiger partial charge is 0.244 e. The van der Waals surface area contributed by atoms with Gasteiger partial charge in [-0.25, -0.2) is 0 Å². The predicted octanol–water partition coefficient (Wildman–Crippen LogP) is 3.97. The van der Waals surface area contributed by atoms with Gasteiger partial charge in [-0.2, -0.15) is 0 Å². The van der Waals surface area contributed by atoms with Gasteiger partial charge < -0.3 is 5.73 Å². The largest absolute Gasteiger partial charge is 0.366 e. The van der Waals surface area contributed by atoms with E-state index in [2.05, 4.69) is 6.92 Å². The van der Waals surface area contributed by atoms with E-state index in [0.29, 0.717) is 5.57 Å². The third kappa shape index (κ3) is 11.5. The van der Waals surface area contributed by atoms with Crippen molar-refractivity contribution in [3.05, 3.63) is 25.0 Å². The molecule has 0 aromatic rings. The molecule has 2 N–H and O–H groups in total. The standard InChI is InChI=1S/C15H27NO/c1-3-4-5-6-7-8-9-10-11-12-13-14(2)15(16)17/h12-13H,1,3-11H2,2H3,(H2,16,17). The first kappa shape index (κ1) is 16.2. The van der Waals surface area contributed by atoms with E-state index < -0.39 is 0 Å². The third-order valence-electron chi connectivity index (χ3n) is 2.88. The zero-order valence-corrected chi connectivity index (χ0v) is 11.2. The molecular weight excluding hydrogens is 210 g/mol. The highest BCUT2D eigenvalue weighted by atomic mass is 16.1. The summed E-state index contributed by atoms with van der Waals surface area (Å²) < 4.78 is 0. The molecule has 0 spiro atoms. The van der Waals surface area contributed by atoms with Gasteiger partial charge in [-0.1, -0.05) is 64.4 Å². The van der Waals surface area contributed by atoms with Crippen LogP contribution >= 0.6 is 0 Å². The highest BCUT2D eigenvalue weighted by Gasteiger charge is 1.96. The zero-order valence-electron chi connectivity index (χ0n) is 11.2. The summed E-state index contributed by atoms with van der Waals surface area (Å²) in [6, 6.07) is 0. The van der Waals surface area contributed by atoms with Crippen molar-refractivity contribution >= 4 is 5.91 Å². The lowest BCUT2D eigenvalue weighted by atomic mass is 10.1. The number of hydrogen-bond acceptors (Lipinski definition) is 1. The molecule has 0 rings (SSSR count). The zero-order chi connectivity index (χ0) is 12.9. The van der Waals surface area contributed by atoms with Crippen LogP contribution in [0.25, 0.3) is 0 Å². The Balaban J connectivity index is 3.19.